The fourth-order valence-electron chi connectivity index (χ4n) is 3.44. The highest BCUT2D eigenvalue weighted by Crippen LogP contribution is 2.28. The molecular formula is C22H26N2O5. The molecule has 1 aliphatic heterocycles. The fraction of sp³-hybridized carbons (Fsp3) is 0.364. The van der Waals surface area contributed by atoms with E-state index in [1.807, 2.05) is 41.3 Å². The van der Waals surface area contributed by atoms with Gasteiger partial charge in [-0.1, -0.05) is 12.1 Å². The van der Waals surface area contributed by atoms with Gasteiger partial charge in [0.1, 0.15) is 0 Å². The Bertz CT molecular complexity index is 875. The summed E-state index contributed by atoms with van der Waals surface area (Å²) in [5.74, 6) is 0.996. The summed E-state index contributed by atoms with van der Waals surface area (Å²) >= 11 is 0. The summed E-state index contributed by atoms with van der Waals surface area (Å²) in [6.07, 6.45) is 0.318. The van der Waals surface area contributed by atoms with E-state index in [9.17, 15) is 9.59 Å². The highest BCUT2D eigenvalue weighted by Gasteiger charge is 2.22. The Hall–Kier alpha value is -3.22. The number of carbonyl (C=O) groups is 2. The van der Waals surface area contributed by atoms with Crippen molar-refractivity contribution in [2.75, 3.05) is 52.4 Å². The molecule has 0 aliphatic carbocycles. The van der Waals surface area contributed by atoms with Crippen molar-refractivity contribution in [1.82, 2.24) is 4.90 Å². The summed E-state index contributed by atoms with van der Waals surface area (Å²) in [5, 5.41) is 0. The Labute approximate surface area is 170 Å². The smallest absolute Gasteiger partial charge is 0.337 e. The number of amides is 1. The number of nitrogens with zero attached hydrogens (tertiary/aromatic N) is 2. The first kappa shape index (κ1) is 20.5. The average molecular weight is 398 g/mol. The van der Waals surface area contributed by atoms with Crippen molar-refractivity contribution in [2.45, 2.75) is 6.42 Å². The average Bonchev–Trinajstić information content (AvgIpc) is 2.78. The van der Waals surface area contributed by atoms with E-state index in [-0.39, 0.29) is 11.9 Å². The van der Waals surface area contributed by atoms with Gasteiger partial charge in [-0.2, -0.15) is 0 Å². The zero-order valence-electron chi connectivity index (χ0n) is 17.0. The highest BCUT2D eigenvalue weighted by molar-refractivity contribution is 5.90. The van der Waals surface area contributed by atoms with E-state index in [4.69, 9.17) is 14.2 Å². The van der Waals surface area contributed by atoms with Gasteiger partial charge in [-0.3, -0.25) is 4.79 Å². The Morgan fingerprint density at radius 2 is 1.62 bits per heavy atom. The van der Waals surface area contributed by atoms with E-state index in [1.54, 1.807) is 20.3 Å². The van der Waals surface area contributed by atoms with Crippen molar-refractivity contribution in [3.63, 3.8) is 0 Å². The van der Waals surface area contributed by atoms with E-state index in [0.29, 0.717) is 49.7 Å². The third-order valence-electron chi connectivity index (χ3n) is 5.07. The van der Waals surface area contributed by atoms with Gasteiger partial charge in [0, 0.05) is 31.9 Å². The zero-order valence-corrected chi connectivity index (χ0v) is 17.0. The largest absolute Gasteiger partial charge is 0.493 e. The lowest BCUT2D eigenvalue weighted by Crippen LogP contribution is -2.49. The topological polar surface area (TPSA) is 68.3 Å². The molecule has 2 aromatic rings. The Balaban J connectivity index is 1.59. The molecule has 1 saturated heterocycles. The highest BCUT2D eigenvalue weighted by atomic mass is 16.5. The molecule has 0 unspecified atom stereocenters. The molecular weight excluding hydrogens is 372 g/mol. The second-order valence-electron chi connectivity index (χ2n) is 6.78. The molecule has 0 N–H and O–H groups in total. The number of hydrogen-bond acceptors (Lipinski definition) is 6. The summed E-state index contributed by atoms with van der Waals surface area (Å²) in [7, 11) is 4.54. The van der Waals surface area contributed by atoms with Crippen LogP contribution in [-0.4, -0.2) is 64.3 Å². The molecule has 29 heavy (non-hydrogen) atoms. The lowest BCUT2D eigenvalue weighted by atomic mass is 10.1. The van der Waals surface area contributed by atoms with Gasteiger partial charge >= 0.3 is 5.97 Å². The molecule has 154 valence electrons. The predicted octanol–water partition coefficient (Wildman–Crippen LogP) is 2.38. The first-order valence-corrected chi connectivity index (χ1v) is 9.47. The van der Waals surface area contributed by atoms with Crippen molar-refractivity contribution in [1.29, 1.82) is 0 Å². The van der Waals surface area contributed by atoms with Crippen LogP contribution in [0.3, 0.4) is 0 Å². The molecule has 7 nitrogen and oxygen atoms in total. The standard InChI is InChI=1S/C22H26N2O5/c1-27-19-8-7-16(13-20(19)28-2)14-21(25)24-11-9-23(10-12-24)18-6-4-5-17(15-18)22(26)29-3/h4-8,13,15H,9-12,14H2,1-3H3. The predicted molar refractivity (Wildman–Crippen MR) is 110 cm³/mol. The summed E-state index contributed by atoms with van der Waals surface area (Å²) in [4.78, 5) is 28.5. The number of carbonyl (C=O) groups excluding carboxylic acids is 2. The Morgan fingerprint density at radius 1 is 0.897 bits per heavy atom. The van der Waals surface area contributed by atoms with Gasteiger partial charge in [0.25, 0.3) is 0 Å². The molecule has 0 radical (unpaired) electrons. The Morgan fingerprint density at radius 3 is 2.28 bits per heavy atom. The number of methoxy groups -OCH3 is 3. The van der Waals surface area contributed by atoms with Crippen LogP contribution in [0.2, 0.25) is 0 Å². The first-order chi connectivity index (χ1) is 14.0. The van der Waals surface area contributed by atoms with Gasteiger partial charge in [0.2, 0.25) is 5.91 Å². The second kappa shape index (κ2) is 9.32. The molecule has 0 spiro atoms. The van der Waals surface area contributed by atoms with Crippen molar-refractivity contribution >= 4 is 17.6 Å². The summed E-state index contributed by atoms with van der Waals surface area (Å²) in [5.41, 5.74) is 2.37. The fourth-order valence-corrected chi connectivity index (χ4v) is 3.44. The van der Waals surface area contributed by atoms with Crippen LogP contribution in [0.4, 0.5) is 5.69 Å². The third kappa shape index (κ3) is 4.80. The molecule has 3 rings (SSSR count). The van der Waals surface area contributed by atoms with Crippen LogP contribution < -0.4 is 14.4 Å². The molecule has 0 bridgehead atoms. The number of benzene rings is 2. The van der Waals surface area contributed by atoms with E-state index in [1.165, 1.54) is 7.11 Å². The number of piperazine rings is 1. The van der Waals surface area contributed by atoms with Crippen LogP contribution in [0.15, 0.2) is 42.5 Å². The van der Waals surface area contributed by atoms with Crippen LogP contribution in [0, 0.1) is 0 Å². The zero-order chi connectivity index (χ0) is 20.8. The minimum absolute atomic E-state index is 0.0835. The number of ether oxygens (including phenoxy) is 3. The van der Waals surface area contributed by atoms with E-state index in [0.717, 1.165) is 11.3 Å². The van der Waals surface area contributed by atoms with Gasteiger partial charge in [0.15, 0.2) is 11.5 Å². The number of hydrogen-bond donors (Lipinski definition) is 0. The normalized spacial score (nSPS) is 13.8. The third-order valence-corrected chi connectivity index (χ3v) is 5.07. The SMILES string of the molecule is COC(=O)c1cccc(N2CCN(C(=O)Cc3ccc(OC)c(OC)c3)CC2)c1. The van der Waals surface area contributed by atoms with Gasteiger partial charge in [-0.25, -0.2) is 4.79 Å². The van der Waals surface area contributed by atoms with Gasteiger partial charge in [0.05, 0.1) is 33.3 Å². The number of anilines is 1. The lowest BCUT2D eigenvalue weighted by Gasteiger charge is -2.36. The van der Waals surface area contributed by atoms with E-state index >= 15 is 0 Å². The summed E-state index contributed by atoms with van der Waals surface area (Å²) in [6, 6.07) is 12.9. The monoisotopic (exact) mass is 398 g/mol. The van der Waals surface area contributed by atoms with E-state index in [2.05, 4.69) is 4.90 Å². The molecule has 0 aromatic heterocycles. The lowest BCUT2D eigenvalue weighted by molar-refractivity contribution is -0.130. The summed E-state index contributed by atoms with van der Waals surface area (Å²) in [6.45, 7) is 2.69. The van der Waals surface area contributed by atoms with Crippen molar-refractivity contribution < 1.29 is 23.8 Å². The second-order valence-corrected chi connectivity index (χ2v) is 6.78. The van der Waals surface area contributed by atoms with Gasteiger partial charge in [-0.15, -0.1) is 0 Å². The molecule has 1 aliphatic rings. The van der Waals surface area contributed by atoms with Crippen LogP contribution >= 0.6 is 0 Å². The molecule has 1 fully saturated rings. The molecule has 1 amide bonds. The quantitative estimate of drug-likeness (QED) is 0.696. The summed E-state index contributed by atoms with van der Waals surface area (Å²) < 4.78 is 15.3. The Kier molecular flexibility index (Phi) is 6.59. The maximum atomic E-state index is 12.7. The first-order valence-electron chi connectivity index (χ1n) is 9.47. The molecule has 2 aromatic carbocycles. The molecule has 7 heteroatoms. The van der Waals surface area contributed by atoms with Crippen LogP contribution in [0.1, 0.15) is 15.9 Å². The minimum Gasteiger partial charge on any atom is -0.493 e. The van der Waals surface area contributed by atoms with Crippen molar-refractivity contribution in [3.05, 3.63) is 53.6 Å². The maximum Gasteiger partial charge on any atom is 0.337 e. The van der Waals surface area contributed by atoms with E-state index < -0.39 is 0 Å². The molecule has 1 heterocycles. The number of rotatable bonds is 6. The number of esters is 1. The van der Waals surface area contributed by atoms with Gasteiger partial charge < -0.3 is 24.0 Å². The molecule has 0 atom stereocenters. The van der Waals surface area contributed by atoms with Gasteiger partial charge in [-0.05, 0) is 35.9 Å². The van der Waals surface area contributed by atoms with Crippen molar-refractivity contribution in [2.24, 2.45) is 0 Å². The molecule has 0 saturated carbocycles. The van der Waals surface area contributed by atoms with Crippen LogP contribution in [-0.2, 0) is 16.0 Å². The van der Waals surface area contributed by atoms with Crippen LogP contribution in [0.5, 0.6) is 11.5 Å². The van der Waals surface area contributed by atoms with Crippen LogP contribution in [0.25, 0.3) is 0 Å². The minimum atomic E-state index is -0.351. The van der Waals surface area contributed by atoms with Crippen molar-refractivity contribution in [3.8, 4) is 11.5 Å². The maximum absolute atomic E-state index is 12.7.